The van der Waals surface area contributed by atoms with Crippen LogP contribution in [0.2, 0.25) is 5.02 Å². The molecule has 1 aliphatic heterocycles. The summed E-state index contributed by atoms with van der Waals surface area (Å²) in [7, 11) is 1.47. The molecule has 0 aliphatic carbocycles. The standard InChI is InChI=1S/C15H21ClN2O3/c1-10(15(20)18-5-3-4-6-18)17-9-11-7-12(16)8-13(21-2)14(11)19/h7-8,10,17,19H,3-6,9H2,1-2H3. The number of phenols is 1. The summed E-state index contributed by atoms with van der Waals surface area (Å²) in [5.41, 5.74) is 0.612. The molecule has 21 heavy (non-hydrogen) atoms. The summed E-state index contributed by atoms with van der Waals surface area (Å²) in [6.45, 7) is 3.85. The summed E-state index contributed by atoms with van der Waals surface area (Å²) in [5, 5.41) is 13.7. The molecule has 0 saturated carbocycles. The van der Waals surface area contributed by atoms with Gasteiger partial charge in [0.25, 0.3) is 0 Å². The number of methoxy groups -OCH3 is 1. The molecule has 1 unspecified atom stereocenters. The molecular formula is C15H21ClN2O3. The van der Waals surface area contributed by atoms with Crippen LogP contribution in [-0.4, -0.2) is 42.2 Å². The number of benzene rings is 1. The Morgan fingerprint density at radius 2 is 2.14 bits per heavy atom. The van der Waals surface area contributed by atoms with E-state index in [1.165, 1.54) is 7.11 Å². The lowest BCUT2D eigenvalue weighted by Crippen LogP contribution is -2.43. The van der Waals surface area contributed by atoms with Gasteiger partial charge in [-0.25, -0.2) is 0 Å². The lowest BCUT2D eigenvalue weighted by atomic mass is 10.1. The summed E-state index contributed by atoms with van der Waals surface area (Å²) in [6.07, 6.45) is 2.15. The fourth-order valence-electron chi connectivity index (χ4n) is 2.48. The Morgan fingerprint density at radius 3 is 2.76 bits per heavy atom. The molecule has 2 rings (SSSR count). The van der Waals surface area contributed by atoms with E-state index in [9.17, 15) is 9.90 Å². The molecule has 1 fully saturated rings. The fourth-order valence-corrected chi connectivity index (χ4v) is 2.71. The topological polar surface area (TPSA) is 61.8 Å². The molecule has 5 nitrogen and oxygen atoms in total. The molecule has 1 aliphatic rings. The van der Waals surface area contributed by atoms with Gasteiger partial charge in [0, 0.05) is 36.3 Å². The van der Waals surface area contributed by atoms with Gasteiger partial charge in [-0.3, -0.25) is 4.79 Å². The molecule has 1 aromatic carbocycles. The highest BCUT2D eigenvalue weighted by Gasteiger charge is 2.23. The Kier molecular flexibility index (Phi) is 5.31. The Balaban J connectivity index is 1.99. The van der Waals surface area contributed by atoms with Gasteiger partial charge >= 0.3 is 0 Å². The number of likely N-dealkylation sites (tertiary alicyclic amines) is 1. The maximum Gasteiger partial charge on any atom is 0.239 e. The maximum absolute atomic E-state index is 12.2. The Labute approximate surface area is 129 Å². The quantitative estimate of drug-likeness (QED) is 0.874. The number of carbonyl (C=O) groups is 1. The molecule has 116 valence electrons. The van der Waals surface area contributed by atoms with Gasteiger partial charge in [0.1, 0.15) is 0 Å². The zero-order valence-corrected chi connectivity index (χ0v) is 13.1. The second kappa shape index (κ2) is 7.00. The normalized spacial score (nSPS) is 16.0. The lowest BCUT2D eigenvalue weighted by Gasteiger charge is -2.21. The third-order valence-corrected chi connectivity index (χ3v) is 3.94. The SMILES string of the molecule is COc1cc(Cl)cc(CNC(C)C(=O)N2CCCC2)c1O. The van der Waals surface area contributed by atoms with Crippen LogP contribution in [0.25, 0.3) is 0 Å². The first-order valence-corrected chi connectivity index (χ1v) is 7.48. The molecule has 0 bridgehead atoms. The van der Waals surface area contributed by atoms with Crippen LogP contribution in [0, 0.1) is 0 Å². The van der Waals surface area contributed by atoms with Crippen molar-refractivity contribution in [3.8, 4) is 11.5 Å². The number of hydrogen-bond acceptors (Lipinski definition) is 4. The number of carbonyl (C=O) groups excluding carboxylic acids is 1. The van der Waals surface area contributed by atoms with Crippen molar-refractivity contribution in [2.75, 3.05) is 20.2 Å². The van der Waals surface area contributed by atoms with E-state index in [0.717, 1.165) is 25.9 Å². The van der Waals surface area contributed by atoms with Crippen molar-refractivity contribution in [3.63, 3.8) is 0 Å². The monoisotopic (exact) mass is 312 g/mol. The van der Waals surface area contributed by atoms with Crippen LogP contribution in [0.1, 0.15) is 25.3 Å². The molecular weight excluding hydrogens is 292 g/mol. The Hall–Kier alpha value is -1.46. The minimum Gasteiger partial charge on any atom is -0.504 e. The van der Waals surface area contributed by atoms with E-state index in [-0.39, 0.29) is 17.7 Å². The van der Waals surface area contributed by atoms with Crippen molar-refractivity contribution >= 4 is 17.5 Å². The summed E-state index contributed by atoms with van der Waals surface area (Å²) >= 11 is 5.99. The van der Waals surface area contributed by atoms with Crippen LogP contribution in [-0.2, 0) is 11.3 Å². The van der Waals surface area contributed by atoms with Crippen molar-refractivity contribution in [1.29, 1.82) is 0 Å². The molecule has 0 aromatic heterocycles. The number of aromatic hydroxyl groups is 1. The van der Waals surface area contributed by atoms with Crippen molar-refractivity contribution in [3.05, 3.63) is 22.7 Å². The molecule has 1 heterocycles. The lowest BCUT2D eigenvalue weighted by molar-refractivity contribution is -0.131. The zero-order valence-electron chi connectivity index (χ0n) is 12.4. The van der Waals surface area contributed by atoms with Crippen LogP contribution in [0.3, 0.4) is 0 Å². The van der Waals surface area contributed by atoms with Crippen LogP contribution < -0.4 is 10.1 Å². The predicted octanol–water partition coefficient (Wildman–Crippen LogP) is 2.15. The average Bonchev–Trinajstić information content (AvgIpc) is 3.00. The number of ether oxygens (including phenoxy) is 1. The van der Waals surface area contributed by atoms with Crippen LogP contribution in [0.15, 0.2) is 12.1 Å². The zero-order chi connectivity index (χ0) is 15.4. The van der Waals surface area contributed by atoms with E-state index in [2.05, 4.69) is 5.32 Å². The fraction of sp³-hybridized carbons (Fsp3) is 0.533. The second-order valence-electron chi connectivity index (χ2n) is 5.25. The average molecular weight is 313 g/mol. The number of nitrogens with one attached hydrogen (secondary N) is 1. The summed E-state index contributed by atoms with van der Waals surface area (Å²) in [4.78, 5) is 14.1. The highest BCUT2D eigenvalue weighted by Crippen LogP contribution is 2.33. The van der Waals surface area contributed by atoms with Crippen molar-refractivity contribution in [2.45, 2.75) is 32.4 Å². The van der Waals surface area contributed by atoms with Crippen molar-refractivity contribution in [2.24, 2.45) is 0 Å². The number of hydrogen-bond donors (Lipinski definition) is 2. The summed E-state index contributed by atoms with van der Waals surface area (Å²) in [6, 6.07) is 2.92. The molecule has 2 N–H and O–H groups in total. The van der Waals surface area contributed by atoms with Gasteiger partial charge in [-0.1, -0.05) is 11.6 Å². The minimum atomic E-state index is -0.299. The van der Waals surface area contributed by atoms with E-state index in [1.54, 1.807) is 12.1 Å². The number of amides is 1. The molecule has 1 atom stereocenters. The number of phenolic OH excluding ortho intramolecular Hbond substituents is 1. The first kappa shape index (κ1) is 15.9. The Bertz CT molecular complexity index is 516. The largest absolute Gasteiger partial charge is 0.504 e. The minimum absolute atomic E-state index is 0.0511. The van der Waals surface area contributed by atoms with E-state index in [1.807, 2.05) is 11.8 Å². The van der Waals surface area contributed by atoms with E-state index in [0.29, 0.717) is 22.9 Å². The number of halogens is 1. The van der Waals surface area contributed by atoms with Crippen LogP contribution in [0.5, 0.6) is 11.5 Å². The van der Waals surface area contributed by atoms with Crippen LogP contribution >= 0.6 is 11.6 Å². The van der Waals surface area contributed by atoms with Crippen LogP contribution in [0.4, 0.5) is 0 Å². The molecule has 1 amide bonds. The van der Waals surface area contributed by atoms with E-state index >= 15 is 0 Å². The van der Waals surface area contributed by atoms with Gasteiger partial charge in [0.15, 0.2) is 11.5 Å². The van der Waals surface area contributed by atoms with E-state index < -0.39 is 0 Å². The van der Waals surface area contributed by atoms with Gasteiger partial charge in [0.05, 0.1) is 13.2 Å². The second-order valence-corrected chi connectivity index (χ2v) is 5.69. The van der Waals surface area contributed by atoms with Gasteiger partial charge in [-0.15, -0.1) is 0 Å². The molecule has 1 saturated heterocycles. The highest BCUT2D eigenvalue weighted by molar-refractivity contribution is 6.30. The predicted molar refractivity (Wildman–Crippen MR) is 81.8 cm³/mol. The number of nitrogens with zero attached hydrogens (tertiary/aromatic N) is 1. The summed E-state index contributed by atoms with van der Waals surface area (Å²) < 4.78 is 5.06. The maximum atomic E-state index is 12.2. The molecule has 6 heteroatoms. The van der Waals surface area contributed by atoms with Gasteiger partial charge in [0.2, 0.25) is 5.91 Å². The molecule has 1 aromatic rings. The highest BCUT2D eigenvalue weighted by atomic mass is 35.5. The third kappa shape index (κ3) is 3.80. The van der Waals surface area contributed by atoms with Gasteiger partial charge < -0.3 is 20.1 Å². The first-order chi connectivity index (χ1) is 10.0. The smallest absolute Gasteiger partial charge is 0.239 e. The van der Waals surface area contributed by atoms with Gasteiger partial charge in [-0.2, -0.15) is 0 Å². The first-order valence-electron chi connectivity index (χ1n) is 7.10. The molecule has 0 spiro atoms. The third-order valence-electron chi connectivity index (χ3n) is 3.73. The number of rotatable bonds is 5. The van der Waals surface area contributed by atoms with E-state index in [4.69, 9.17) is 16.3 Å². The Morgan fingerprint density at radius 1 is 1.48 bits per heavy atom. The summed E-state index contributed by atoms with van der Waals surface area (Å²) in [5.74, 6) is 0.481. The van der Waals surface area contributed by atoms with Crippen molar-refractivity contribution in [1.82, 2.24) is 10.2 Å². The molecule has 0 radical (unpaired) electrons. The van der Waals surface area contributed by atoms with Crippen molar-refractivity contribution < 1.29 is 14.6 Å². The van der Waals surface area contributed by atoms with Gasteiger partial charge in [-0.05, 0) is 25.8 Å².